The van der Waals surface area contributed by atoms with Crippen LogP contribution in [-0.4, -0.2) is 15.1 Å². The van der Waals surface area contributed by atoms with Crippen LogP contribution >= 0.6 is 0 Å². The molecule has 6 heteroatoms. The molecule has 2 rings (SSSR count). The summed E-state index contributed by atoms with van der Waals surface area (Å²) >= 11 is 0. The summed E-state index contributed by atoms with van der Waals surface area (Å²) in [6, 6.07) is 1.68. The van der Waals surface area contributed by atoms with Gasteiger partial charge >= 0.3 is 0 Å². The van der Waals surface area contributed by atoms with Gasteiger partial charge in [0, 0.05) is 6.20 Å². The Morgan fingerprint density at radius 3 is 2.77 bits per heavy atom. The van der Waals surface area contributed by atoms with E-state index in [2.05, 4.69) is 15.1 Å². The summed E-state index contributed by atoms with van der Waals surface area (Å²) in [5, 5.41) is 3.45. The normalized spacial score (nSPS) is 10.2. The standard InChI is InChI=1S/C7H7N5O/c8-5-3-10-2-1-4(5)6-11-7(9)12-13-6/h1-3H,8H2,(H2,9,12). The second kappa shape index (κ2) is 2.74. The van der Waals surface area contributed by atoms with E-state index in [1.54, 1.807) is 12.3 Å². The van der Waals surface area contributed by atoms with Crippen molar-refractivity contribution < 1.29 is 4.52 Å². The number of nitrogens with zero attached hydrogens (tertiary/aromatic N) is 3. The van der Waals surface area contributed by atoms with Gasteiger partial charge in [0.1, 0.15) is 0 Å². The molecule has 13 heavy (non-hydrogen) atoms. The molecule has 66 valence electrons. The maximum atomic E-state index is 5.63. The molecule has 0 fully saturated rings. The maximum Gasteiger partial charge on any atom is 0.261 e. The molecular weight excluding hydrogens is 170 g/mol. The second-order valence-corrected chi connectivity index (χ2v) is 2.42. The minimum Gasteiger partial charge on any atom is -0.397 e. The smallest absolute Gasteiger partial charge is 0.261 e. The summed E-state index contributed by atoms with van der Waals surface area (Å²) in [5.41, 5.74) is 12.0. The third-order valence-corrected chi connectivity index (χ3v) is 1.52. The molecule has 0 radical (unpaired) electrons. The average Bonchev–Trinajstić information content (AvgIpc) is 2.53. The number of rotatable bonds is 1. The zero-order valence-electron chi connectivity index (χ0n) is 6.64. The third-order valence-electron chi connectivity index (χ3n) is 1.52. The van der Waals surface area contributed by atoms with Gasteiger partial charge in [0.15, 0.2) is 0 Å². The van der Waals surface area contributed by atoms with E-state index in [0.29, 0.717) is 17.1 Å². The van der Waals surface area contributed by atoms with Gasteiger partial charge in [-0.25, -0.2) is 0 Å². The van der Waals surface area contributed by atoms with Crippen molar-refractivity contribution in [3.05, 3.63) is 18.5 Å². The van der Waals surface area contributed by atoms with E-state index in [0.717, 1.165) is 0 Å². The fourth-order valence-corrected chi connectivity index (χ4v) is 0.946. The fourth-order valence-electron chi connectivity index (χ4n) is 0.946. The molecule has 0 bridgehead atoms. The number of anilines is 2. The second-order valence-electron chi connectivity index (χ2n) is 2.42. The van der Waals surface area contributed by atoms with Gasteiger partial charge in [0.05, 0.1) is 17.4 Å². The van der Waals surface area contributed by atoms with Gasteiger partial charge in [-0.1, -0.05) is 0 Å². The third kappa shape index (κ3) is 1.28. The number of hydrogen-bond acceptors (Lipinski definition) is 6. The van der Waals surface area contributed by atoms with E-state index in [-0.39, 0.29) is 5.95 Å². The molecule has 2 heterocycles. The number of aromatic nitrogens is 3. The van der Waals surface area contributed by atoms with Gasteiger partial charge in [0.25, 0.3) is 11.8 Å². The number of nitrogen functional groups attached to an aromatic ring is 2. The predicted octanol–water partition coefficient (Wildman–Crippen LogP) is 0.296. The van der Waals surface area contributed by atoms with Gasteiger partial charge in [-0.2, -0.15) is 4.98 Å². The molecule has 4 N–H and O–H groups in total. The molecule has 2 aromatic rings. The topological polar surface area (TPSA) is 104 Å². The summed E-state index contributed by atoms with van der Waals surface area (Å²) in [4.78, 5) is 7.67. The van der Waals surface area contributed by atoms with E-state index < -0.39 is 0 Å². The zero-order chi connectivity index (χ0) is 9.26. The Kier molecular flexibility index (Phi) is 1.59. The van der Waals surface area contributed by atoms with Gasteiger partial charge in [-0.05, 0) is 11.2 Å². The van der Waals surface area contributed by atoms with Crippen molar-refractivity contribution in [3.8, 4) is 11.5 Å². The van der Waals surface area contributed by atoms with Crippen molar-refractivity contribution in [2.45, 2.75) is 0 Å². The maximum absolute atomic E-state index is 5.63. The highest BCUT2D eigenvalue weighted by atomic mass is 16.5. The molecule has 6 nitrogen and oxygen atoms in total. The van der Waals surface area contributed by atoms with E-state index in [1.807, 2.05) is 0 Å². The van der Waals surface area contributed by atoms with E-state index in [4.69, 9.17) is 16.0 Å². The van der Waals surface area contributed by atoms with Crippen LogP contribution in [0.25, 0.3) is 11.5 Å². The Morgan fingerprint density at radius 1 is 1.31 bits per heavy atom. The van der Waals surface area contributed by atoms with E-state index >= 15 is 0 Å². The number of pyridine rings is 1. The van der Waals surface area contributed by atoms with Crippen molar-refractivity contribution in [2.24, 2.45) is 0 Å². The minimum atomic E-state index is 0.0891. The zero-order valence-corrected chi connectivity index (χ0v) is 6.64. The van der Waals surface area contributed by atoms with Crippen molar-refractivity contribution >= 4 is 11.6 Å². The molecule has 0 saturated heterocycles. The van der Waals surface area contributed by atoms with Crippen LogP contribution in [-0.2, 0) is 0 Å². The van der Waals surface area contributed by atoms with Crippen LogP contribution in [0.5, 0.6) is 0 Å². The lowest BCUT2D eigenvalue weighted by atomic mass is 10.2. The number of hydrogen-bond donors (Lipinski definition) is 2. The van der Waals surface area contributed by atoms with Crippen LogP contribution in [0.15, 0.2) is 23.0 Å². The molecule has 0 amide bonds. The van der Waals surface area contributed by atoms with E-state index in [9.17, 15) is 0 Å². The Bertz CT molecular complexity index is 424. The molecular formula is C7H7N5O. The highest BCUT2D eigenvalue weighted by Crippen LogP contribution is 2.22. The molecule has 2 aromatic heterocycles. The van der Waals surface area contributed by atoms with Crippen LogP contribution in [0.4, 0.5) is 11.6 Å². The molecule has 0 aromatic carbocycles. The summed E-state index contributed by atoms with van der Waals surface area (Å²) in [7, 11) is 0. The van der Waals surface area contributed by atoms with Crippen molar-refractivity contribution in [3.63, 3.8) is 0 Å². The van der Waals surface area contributed by atoms with Crippen molar-refractivity contribution in [1.82, 2.24) is 15.1 Å². The van der Waals surface area contributed by atoms with Gasteiger partial charge in [-0.15, -0.1) is 0 Å². The van der Waals surface area contributed by atoms with Crippen LogP contribution in [0, 0.1) is 0 Å². The lowest BCUT2D eigenvalue weighted by Gasteiger charge is -1.96. The Balaban J connectivity index is 2.52. The molecule has 0 aliphatic heterocycles. The Hall–Kier alpha value is -2.11. The largest absolute Gasteiger partial charge is 0.397 e. The molecule has 0 aliphatic rings. The quantitative estimate of drug-likeness (QED) is 0.649. The summed E-state index contributed by atoms with van der Waals surface area (Å²) in [5.74, 6) is 0.392. The first kappa shape index (κ1) is 7.53. The fraction of sp³-hybridized carbons (Fsp3) is 0. The average molecular weight is 177 g/mol. The Labute approximate surface area is 73.6 Å². The molecule has 0 saturated carbocycles. The highest BCUT2D eigenvalue weighted by molar-refractivity contribution is 5.69. The van der Waals surface area contributed by atoms with Crippen LogP contribution < -0.4 is 11.5 Å². The molecule has 0 spiro atoms. The predicted molar refractivity (Wildman–Crippen MR) is 46.4 cm³/mol. The first-order valence-electron chi connectivity index (χ1n) is 3.56. The summed E-state index contributed by atoms with van der Waals surface area (Å²) in [6.45, 7) is 0. The summed E-state index contributed by atoms with van der Waals surface area (Å²) < 4.78 is 4.84. The monoisotopic (exact) mass is 177 g/mol. The lowest BCUT2D eigenvalue weighted by Crippen LogP contribution is -1.91. The van der Waals surface area contributed by atoms with Crippen LogP contribution in [0.2, 0.25) is 0 Å². The van der Waals surface area contributed by atoms with Crippen molar-refractivity contribution in [2.75, 3.05) is 11.5 Å². The minimum absolute atomic E-state index is 0.0891. The highest BCUT2D eigenvalue weighted by Gasteiger charge is 2.08. The van der Waals surface area contributed by atoms with Crippen LogP contribution in [0.3, 0.4) is 0 Å². The number of nitrogens with two attached hydrogens (primary N) is 2. The molecule has 0 aliphatic carbocycles. The molecule has 0 unspecified atom stereocenters. The first-order valence-corrected chi connectivity index (χ1v) is 3.56. The first-order chi connectivity index (χ1) is 6.27. The summed E-state index contributed by atoms with van der Waals surface area (Å²) in [6.07, 6.45) is 3.10. The van der Waals surface area contributed by atoms with Gasteiger partial charge in [-0.3, -0.25) is 4.98 Å². The lowest BCUT2D eigenvalue weighted by molar-refractivity contribution is 0.433. The van der Waals surface area contributed by atoms with E-state index in [1.165, 1.54) is 6.20 Å². The van der Waals surface area contributed by atoms with Gasteiger partial charge in [0.2, 0.25) is 0 Å². The van der Waals surface area contributed by atoms with Gasteiger partial charge < -0.3 is 16.0 Å². The SMILES string of the molecule is Nc1noc(-c2ccncc2N)n1. The van der Waals surface area contributed by atoms with Crippen LogP contribution in [0.1, 0.15) is 0 Å². The molecule has 0 atom stereocenters. The van der Waals surface area contributed by atoms with Crippen molar-refractivity contribution in [1.29, 1.82) is 0 Å². The Morgan fingerprint density at radius 2 is 2.15 bits per heavy atom.